The van der Waals surface area contributed by atoms with E-state index in [1.54, 1.807) is 23.1 Å². The fourth-order valence-electron chi connectivity index (χ4n) is 4.65. The van der Waals surface area contributed by atoms with E-state index in [9.17, 15) is 14.7 Å². The lowest BCUT2D eigenvalue weighted by Gasteiger charge is -2.26. The molecule has 1 amide bonds. The Morgan fingerprint density at radius 1 is 0.944 bits per heavy atom. The normalized spacial score (nSPS) is 18.4. The van der Waals surface area contributed by atoms with Crippen molar-refractivity contribution in [1.82, 2.24) is 4.90 Å². The third-order valence-corrected chi connectivity index (χ3v) is 6.57. The Morgan fingerprint density at radius 2 is 1.64 bits per heavy atom. The van der Waals surface area contributed by atoms with Crippen molar-refractivity contribution >= 4 is 23.1 Å². The first-order valence-corrected chi connectivity index (χ1v) is 11.9. The molecule has 2 aliphatic heterocycles. The average molecular weight is 485 g/mol. The van der Waals surface area contributed by atoms with Gasteiger partial charge in [0.2, 0.25) is 0 Å². The minimum atomic E-state index is -0.710. The van der Waals surface area contributed by atoms with Gasteiger partial charge in [-0.15, -0.1) is 0 Å². The fraction of sp³-hybridized carbons (Fsp3) is 0.241. The Kier molecular flexibility index (Phi) is 6.38. The lowest BCUT2D eigenvalue weighted by Crippen LogP contribution is -2.31. The van der Waals surface area contributed by atoms with E-state index in [4.69, 9.17) is 9.47 Å². The SMILES string of the molecule is CN(C)c1ccc([C@@H]2C(=C(O)c3ccc4c(c3)OCCO4)C(=O)C(=O)N2CCc2ccccc2)cc1. The van der Waals surface area contributed by atoms with Crippen LogP contribution in [0.5, 0.6) is 11.5 Å². The number of ketones is 1. The van der Waals surface area contributed by atoms with Crippen molar-refractivity contribution in [2.75, 3.05) is 38.8 Å². The highest BCUT2D eigenvalue weighted by atomic mass is 16.6. The monoisotopic (exact) mass is 484 g/mol. The van der Waals surface area contributed by atoms with Crippen LogP contribution >= 0.6 is 0 Å². The van der Waals surface area contributed by atoms with E-state index in [0.29, 0.717) is 43.2 Å². The zero-order valence-corrected chi connectivity index (χ0v) is 20.3. The van der Waals surface area contributed by atoms with Gasteiger partial charge in [0.25, 0.3) is 11.7 Å². The third kappa shape index (κ3) is 4.40. The first kappa shape index (κ1) is 23.5. The Hall–Kier alpha value is -4.26. The summed E-state index contributed by atoms with van der Waals surface area (Å²) in [5.41, 5.74) is 3.28. The van der Waals surface area contributed by atoms with Crippen molar-refractivity contribution in [2.45, 2.75) is 12.5 Å². The number of aliphatic hydroxyl groups excluding tert-OH is 1. The molecule has 3 aromatic rings. The number of nitrogens with zero attached hydrogens (tertiary/aromatic N) is 2. The molecule has 2 aliphatic rings. The number of anilines is 1. The van der Waals surface area contributed by atoms with Gasteiger partial charge < -0.3 is 24.4 Å². The molecule has 0 aromatic heterocycles. The largest absolute Gasteiger partial charge is 0.507 e. The second kappa shape index (κ2) is 9.77. The van der Waals surface area contributed by atoms with Crippen molar-refractivity contribution in [3.63, 3.8) is 0 Å². The van der Waals surface area contributed by atoms with Crippen molar-refractivity contribution in [1.29, 1.82) is 0 Å². The molecule has 0 radical (unpaired) electrons. The first-order valence-electron chi connectivity index (χ1n) is 11.9. The predicted octanol–water partition coefficient (Wildman–Crippen LogP) is 4.19. The van der Waals surface area contributed by atoms with E-state index >= 15 is 0 Å². The van der Waals surface area contributed by atoms with Gasteiger partial charge in [0, 0.05) is 31.9 Å². The summed E-state index contributed by atoms with van der Waals surface area (Å²) in [4.78, 5) is 30.1. The van der Waals surface area contributed by atoms with Crippen LogP contribution in [0.25, 0.3) is 5.76 Å². The van der Waals surface area contributed by atoms with E-state index in [1.165, 1.54) is 0 Å². The molecule has 7 heteroatoms. The van der Waals surface area contributed by atoms with Crippen LogP contribution in [0.2, 0.25) is 0 Å². The third-order valence-electron chi connectivity index (χ3n) is 6.57. The summed E-state index contributed by atoms with van der Waals surface area (Å²) in [6, 6.07) is 21.8. The van der Waals surface area contributed by atoms with Crippen LogP contribution in [0.4, 0.5) is 5.69 Å². The number of rotatable bonds is 6. The summed E-state index contributed by atoms with van der Waals surface area (Å²) in [7, 11) is 3.89. The molecule has 3 aromatic carbocycles. The van der Waals surface area contributed by atoms with Crippen LogP contribution in [-0.2, 0) is 16.0 Å². The molecule has 0 spiro atoms. The number of aliphatic hydroxyl groups is 1. The number of carbonyl (C=O) groups excluding carboxylic acids is 2. The summed E-state index contributed by atoms with van der Waals surface area (Å²) >= 11 is 0. The van der Waals surface area contributed by atoms with E-state index in [2.05, 4.69) is 0 Å². The van der Waals surface area contributed by atoms with Gasteiger partial charge in [-0.25, -0.2) is 0 Å². The average Bonchev–Trinajstić information content (AvgIpc) is 3.16. The maximum absolute atomic E-state index is 13.3. The number of fused-ring (bicyclic) bond motifs is 1. The lowest BCUT2D eigenvalue weighted by molar-refractivity contribution is -0.139. The molecule has 184 valence electrons. The number of hydrogen-bond donors (Lipinski definition) is 1. The topological polar surface area (TPSA) is 79.3 Å². The van der Waals surface area contributed by atoms with Crippen LogP contribution in [0, 0.1) is 0 Å². The molecule has 0 unspecified atom stereocenters. The maximum atomic E-state index is 13.3. The van der Waals surface area contributed by atoms with Gasteiger partial charge in [-0.3, -0.25) is 9.59 Å². The zero-order valence-electron chi connectivity index (χ0n) is 20.3. The minimum absolute atomic E-state index is 0.0716. The summed E-state index contributed by atoms with van der Waals surface area (Å²) in [5, 5.41) is 11.4. The van der Waals surface area contributed by atoms with Crippen molar-refractivity contribution in [3.05, 3.63) is 95.1 Å². The number of hydrogen-bond acceptors (Lipinski definition) is 6. The van der Waals surface area contributed by atoms with Crippen molar-refractivity contribution in [3.8, 4) is 11.5 Å². The van der Waals surface area contributed by atoms with Gasteiger partial charge in [0.15, 0.2) is 11.5 Å². The quantitative estimate of drug-likeness (QED) is 0.321. The molecular weight excluding hydrogens is 456 g/mol. The number of likely N-dealkylation sites (tertiary alicyclic amines) is 1. The lowest BCUT2D eigenvalue weighted by atomic mass is 9.94. The number of amides is 1. The number of Topliss-reactive ketones (excluding diaryl/α,β-unsaturated/α-hetero) is 1. The Bertz CT molecular complexity index is 1320. The molecule has 1 saturated heterocycles. The van der Waals surface area contributed by atoms with Crippen LogP contribution in [0.1, 0.15) is 22.7 Å². The molecule has 7 nitrogen and oxygen atoms in total. The Labute approximate surface area is 210 Å². The van der Waals surface area contributed by atoms with Crippen molar-refractivity contribution < 1.29 is 24.2 Å². The molecule has 0 saturated carbocycles. The zero-order chi connectivity index (χ0) is 25.2. The summed E-state index contributed by atoms with van der Waals surface area (Å²) in [6.45, 7) is 1.19. The molecule has 0 aliphatic carbocycles. The standard InChI is InChI=1S/C29H28N2O5/c1-30(2)22-11-8-20(9-12-22)26-25(27(32)21-10-13-23-24(18-21)36-17-16-35-23)28(33)29(34)31(26)15-14-19-6-4-3-5-7-19/h3-13,18,26,32H,14-17H2,1-2H3/t26-/m1/s1. The molecular formula is C29H28N2O5. The van der Waals surface area contributed by atoms with Gasteiger partial charge in [-0.2, -0.15) is 0 Å². The van der Waals surface area contributed by atoms with Crippen LogP contribution in [-0.4, -0.2) is 55.6 Å². The first-order chi connectivity index (χ1) is 17.4. The van der Waals surface area contributed by atoms with Crippen LogP contribution in [0.15, 0.2) is 78.4 Å². The Balaban J connectivity index is 1.57. The molecule has 1 atom stereocenters. The summed E-state index contributed by atoms with van der Waals surface area (Å²) in [5.74, 6) is -0.467. The highest BCUT2D eigenvalue weighted by molar-refractivity contribution is 6.46. The van der Waals surface area contributed by atoms with E-state index in [1.807, 2.05) is 73.6 Å². The smallest absolute Gasteiger partial charge is 0.295 e. The fourth-order valence-corrected chi connectivity index (χ4v) is 4.65. The maximum Gasteiger partial charge on any atom is 0.295 e. The second-order valence-corrected chi connectivity index (χ2v) is 9.07. The predicted molar refractivity (Wildman–Crippen MR) is 137 cm³/mol. The number of benzene rings is 3. The van der Waals surface area contributed by atoms with Gasteiger partial charge in [0.1, 0.15) is 19.0 Å². The minimum Gasteiger partial charge on any atom is -0.507 e. The molecule has 0 bridgehead atoms. The summed E-state index contributed by atoms with van der Waals surface area (Å²) in [6.07, 6.45) is 0.588. The highest BCUT2D eigenvalue weighted by Crippen LogP contribution is 2.41. The molecule has 1 N–H and O–H groups in total. The van der Waals surface area contributed by atoms with Gasteiger partial charge >= 0.3 is 0 Å². The van der Waals surface area contributed by atoms with E-state index in [-0.39, 0.29) is 11.3 Å². The molecule has 2 heterocycles. The van der Waals surface area contributed by atoms with Gasteiger partial charge in [-0.1, -0.05) is 42.5 Å². The van der Waals surface area contributed by atoms with Gasteiger partial charge in [0.05, 0.1) is 11.6 Å². The number of carbonyl (C=O) groups is 2. The molecule has 36 heavy (non-hydrogen) atoms. The number of ether oxygens (including phenoxy) is 2. The molecule has 1 fully saturated rings. The highest BCUT2D eigenvalue weighted by Gasteiger charge is 2.45. The summed E-state index contributed by atoms with van der Waals surface area (Å²) < 4.78 is 11.2. The molecule has 5 rings (SSSR count). The Morgan fingerprint density at radius 3 is 2.33 bits per heavy atom. The van der Waals surface area contributed by atoms with Crippen LogP contribution in [0.3, 0.4) is 0 Å². The van der Waals surface area contributed by atoms with E-state index in [0.717, 1.165) is 16.8 Å². The van der Waals surface area contributed by atoms with Crippen molar-refractivity contribution in [2.24, 2.45) is 0 Å². The van der Waals surface area contributed by atoms with E-state index < -0.39 is 17.7 Å². The second-order valence-electron chi connectivity index (χ2n) is 9.07. The van der Waals surface area contributed by atoms with Gasteiger partial charge in [-0.05, 0) is 47.9 Å². The van der Waals surface area contributed by atoms with Crippen LogP contribution < -0.4 is 14.4 Å².